The van der Waals surface area contributed by atoms with Gasteiger partial charge < -0.3 is 14.7 Å². The van der Waals surface area contributed by atoms with E-state index in [0.29, 0.717) is 6.54 Å². The number of halogens is 1. The lowest BCUT2D eigenvalue weighted by atomic mass is 10.2. The van der Waals surface area contributed by atoms with E-state index in [9.17, 15) is 0 Å². The molecule has 5 heteroatoms. The van der Waals surface area contributed by atoms with Crippen LogP contribution in [-0.4, -0.2) is 42.0 Å². The zero-order chi connectivity index (χ0) is 11.5. The van der Waals surface area contributed by atoms with Crippen LogP contribution in [0.4, 0.5) is 5.82 Å². The standard InChI is InChI=1S/C11H15BrN2O2/c1-8-5-14(6-9(7-15)16-8)11-4-2-3-10(12)13-11/h2-4,8-9,15H,5-7H2,1H3. The van der Waals surface area contributed by atoms with Gasteiger partial charge in [0.25, 0.3) is 0 Å². The van der Waals surface area contributed by atoms with E-state index in [-0.39, 0.29) is 18.8 Å². The number of aliphatic hydroxyl groups excluding tert-OH is 1. The van der Waals surface area contributed by atoms with E-state index in [4.69, 9.17) is 9.84 Å². The van der Waals surface area contributed by atoms with Crippen LogP contribution in [0.1, 0.15) is 6.92 Å². The van der Waals surface area contributed by atoms with E-state index in [1.54, 1.807) is 0 Å². The summed E-state index contributed by atoms with van der Waals surface area (Å²) in [6.45, 7) is 3.55. The number of aliphatic hydroxyl groups is 1. The lowest BCUT2D eigenvalue weighted by molar-refractivity contribution is -0.0423. The number of anilines is 1. The molecule has 1 fully saturated rings. The normalized spacial score (nSPS) is 25.8. The maximum atomic E-state index is 9.15. The Morgan fingerprint density at radius 1 is 1.56 bits per heavy atom. The van der Waals surface area contributed by atoms with Gasteiger partial charge >= 0.3 is 0 Å². The zero-order valence-corrected chi connectivity index (χ0v) is 10.7. The minimum atomic E-state index is -0.121. The molecule has 0 radical (unpaired) electrons. The molecule has 0 spiro atoms. The molecule has 2 unspecified atom stereocenters. The maximum absolute atomic E-state index is 9.15. The van der Waals surface area contributed by atoms with Gasteiger partial charge in [-0.25, -0.2) is 4.98 Å². The summed E-state index contributed by atoms with van der Waals surface area (Å²) in [5.41, 5.74) is 0. The van der Waals surface area contributed by atoms with Gasteiger partial charge in [0.05, 0.1) is 18.8 Å². The summed E-state index contributed by atoms with van der Waals surface area (Å²) in [4.78, 5) is 6.54. The largest absolute Gasteiger partial charge is 0.394 e. The molecular formula is C11H15BrN2O2. The summed E-state index contributed by atoms with van der Waals surface area (Å²) in [7, 11) is 0. The number of pyridine rings is 1. The van der Waals surface area contributed by atoms with Crippen LogP contribution >= 0.6 is 15.9 Å². The zero-order valence-electron chi connectivity index (χ0n) is 9.14. The van der Waals surface area contributed by atoms with E-state index < -0.39 is 0 Å². The van der Waals surface area contributed by atoms with Gasteiger partial charge in [-0.3, -0.25) is 0 Å². The van der Waals surface area contributed by atoms with Crippen LogP contribution in [0.2, 0.25) is 0 Å². The van der Waals surface area contributed by atoms with Crippen LogP contribution in [-0.2, 0) is 4.74 Å². The fourth-order valence-electron chi connectivity index (χ4n) is 1.91. The first-order valence-corrected chi connectivity index (χ1v) is 6.12. The van der Waals surface area contributed by atoms with Crippen molar-refractivity contribution in [2.24, 2.45) is 0 Å². The molecule has 88 valence electrons. The van der Waals surface area contributed by atoms with Crippen LogP contribution in [0.5, 0.6) is 0 Å². The number of hydrogen-bond donors (Lipinski definition) is 1. The highest BCUT2D eigenvalue weighted by molar-refractivity contribution is 9.10. The van der Waals surface area contributed by atoms with E-state index in [1.807, 2.05) is 25.1 Å². The lowest BCUT2D eigenvalue weighted by Crippen LogP contribution is -2.48. The third kappa shape index (κ3) is 2.72. The van der Waals surface area contributed by atoms with Crippen molar-refractivity contribution in [3.63, 3.8) is 0 Å². The highest BCUT2D eigenvalue weighted by Gasteiger charge is 2.25. The predicted octanol–water partition coefficient (Wildman–Crippen LogP) is 1.43. The number of aromatic nitrogens is 1. The summed E-state index contributed by atoms with van der Waals surface area (Å²) >= 11 is 3.36. The molecule has 4 nitrogen and oxygen atoms in total. The van der Waals surface area contributed by atoms with Crippen molar-refractivity contribution >= 4 is 21.7 Å². The molecule has 1 aliphatic rings. The number of rotatable bonds is 2. The Hall–Kier alpha value is -0.650. The molecular weight excluding hydrogens is 272 g/mol. The molecule has 1 N–H and O–H groups in total. The molecule has 16 heavy (non-hydrogen) atoms. The van der Waals surface area contributed by atoms with Crippen molar-refractivity contribution in [1.82, 2.24) is 4.98 Å². The number of nitrogens with zero attached hydrogens (tertiary/aromatic N) is 2. The summed E-state index contributed by atoms with van der Waals surface area (Å²) in [6.07, 6.45) is -0.00351. The Bertz CT molecular complexity index is 362. The predicted molar refractivity (Wildman–Crippen MR) is 65.6 cm³/mol. The third-order valence-electron chi connectivity index (χ3n) is 2.55. The van der Waals surface area contributed by atoms with Crippen molar-refractivity contribution in [1.29, 1.82) is 0 Å². The third-order valence-corrected chi connectivity index (χ3v) is 3.00. The first-order chi connectivity index (χ1) is 7.69. The van der Waals surface area contributed by atoms with Crippen LogP contribution in [0.25, 0.3) is 0 Å². The Kier molecular flexibility index (Phi) is 3.78. The van der Waals surface area contributed by atoms with Gasteiger partial charge in [0.2, 0.25) is 0 Å². The van der Waals surface area contributed by atoms with Crippen LogP contribution in [0.3, 0.4) is 0 Å². The molecule has 0 aliphatic carbocycles. The van der Waals surface area contributed by atoms with Gasteiger partial charge in [0.15, 0.2) is 0 Å². The second-order valence-corrected chi connectivity index (χ2v) is 4.79. The Morgan fingerprint density at radius 2 is 2.38 bits per heavy atom. The van der Waals surface area contributed by atoms with Gasteiger partial charge in [-0.2, -0.15) is 0 Å². The first kappa shape index (κ1) is 11.8. The lowest BCUT2D eigenvalue weighted by Gasteiger charge is -2.36. The Labute approximate surface area is 103 Å². The summed E-state index contributed by atoms with van der Waals surface area (Å²) in [5.74, 6) is 0.919. The van der Waals surface area contributed by atoms with E-state index >= 15 is 0 Å². The van der Waals surface area contributed by atoms with Crippen LogP contribution in [0, 0.1) is 0 Å². The first-order valence-electron chi connectivity index (χ1n) is 5.33. The van der Waals surface area contributed by atoms with E-state index in [2.05, 4.69) is 25.8 Å². The molecule has 1 saturated heterocycles. The van der Waals surface area contributed by atoms with Crippen molar-refractivity contribution in [3.8, 4) is 0 Å². The minimum absolute atomic E-state index is 0.0504. The van der Waals surface area contributed by atoms with Crippen LogP contribution in [0.15, 0.2) is 22.8 Å². The van der Waals surface area contributed by atoms with Crippen molar-refractivity contribution < 1.29 is 9.84 Å². The smallest absolute Gasteiger partial charge is 0.130 e. The molecule has 1 aliphatic heterocycles. The van der Waals surface area contributed by atoms with Crippen molar-refractivity contribution in [2.75, 3.05) is 24.6 Å². The fourth-order valence-corrected chi connectivity index (χ4v) is 2.24. The monoisotopic (exact) mass is 286 g/mol. The van der Waals surface area contributed by atoms with Gasteiger partial charge in [-0.05, 0) is 35.0 Å². The molecule has 0 bridgehead atoms. The van der Waals surface area contributed by atoms with Crippen molar-refractivity contribution in [3.05, 3.63) is 22.8 Å². The molecule has 1 aromatic rings. The molecule has 0 saturated carbocycles. The summed E-state index contributed by atoms with van der Waals surface area (Å²) in [6, 6.07) is 5.83. The molecule has 0 amide bonds. The average molecular weight is 287 g/mol. The number of morpholine rings is 1. The van der Waals surface area contributed by atoms with Gasteiger partial charge in [-0.15, -0.1) is 0 Å². The van der Waals surface area contributed by atoms with Gasteiger partial charge in [0.1, 0.15) is 10.4 Å². The van der Waals surface area contributed by atoms with E-state index in [1.165, 1.54) is 0 Å². The molecule has 0 aromatic carbocycles. The number of ether oxygens (including phenoxy) is 1. The molecule has 1 aromatic heterocycles. The van der Waals surface area contributed by atoms with Gasteiger partial charge in [0, 0.05) is 13.1 Å². The molecule has 2 atom stereocenters. The van der Waals surface area contributed by atoms with Gasteiger partial charge in [-0.1, -0.05) is 6.07 Å². The molecule has 2 rings (SSSR count). The Morgan fingerprint density at radius 3 is 3.06 bits per heavy atom. The highest BCUT2D eigenvalue weighted by atomic mass is 79.9. The fraction of sp³-hybridized carbons (Fsp3) is 0.545. The SMILES string of the molecule is CC1CN(c2cccc(Br)n2)CC(CO)O1. The molecule has 2 heterocycles. The maximum Gasteiger partial charge on any atom is 0.130 e. The van der Waals surface area contributed by atoms with E-state index in [0.717, 1.165) is 17.0 Å². The topological polar surface area (TPSA) is 45.6 Å². The van der Waals surface area contributed by atoms with Crippen molar-refractivity contribution in [2.45, 2.75) is 19.1 Å². The summed E-state index contributed by atoms with van der Waals surface area (Å²) < 4.78 is 6.41. The summed E-state index contributed by atoms with van der Waals surface area (Å²) in [5, 5.41) is 9.15. The Balaban J connectivity index is 2.14. The highest BCUT2D eigenvalue weighted by Crippen LogP contribution is 2.19. The second-order valence-electron chi connectivity index (χ2n) is 3.97. The number of hydrogen-bond acceptors (Lipinski definition) is 4. The quantitative estimate of drug-likeness (QED) is 0.836. The minimum Gasteiger partial charge on any atom is -0.394 e. The van der Waals surface area contributed by atoms with Crippen LogP contribution < -0.4 is 4.90 Å². The average Bonchev–Trinajstić information content (AvgIpc) is 2.28. The second kappa shape index (κ2) is 5.12.